The number of aliphatic carboxylic acids is 1. The number of nitrogens with one attached hydrogen (secondary N) is 1. The minimum atomic E-state index is -1.24. The maximum Gasteiger partial charge on any atom is 0.318 e. The van der Waals surface area contributed by atoms with Gasteiger partial charge >= 0.3 is 6.03 Å². The summed E-state index contributed by atoms with van der Waals surface area (Å²) in [5, 5.41) is 13.3. The molecule has 0 aromatic rings. The van der Waals surface area contributed by atoms with Crippen molar-refractivity contribution in [2.24, 2.45) is 0 Å². The van der Waals surface area contributed by atoms with Crippen LogP contribution in [0.2, 0.25) is 0 Å². The second-order valence-corrected chi connectivity index (χ2v) is 4.69. The smallest absolute Gasteiger partial charge is 0.318 e. The number of nitrogens with zero attached hydrogens (tertiary/aromatic N) is 1. The molecular weight excluding hydrogens is 244 g/mol. The number of morpholine rings is 1. The molecule has 17 heavy (non-hydrogen) atoms. The van der Waals surface area contributed by atoms with Gasteiger partial charge in [0, 0.05) is 13.1 Å². The quantitative estimate of drug-likeness (QED) is 0.679. The van der Waals surface area contributed by atoms with Crippen LogP contribution in [0.3, 0.4) is 0 Å². The lowest BCUT2D eigenvalue weighted by Crippen LogP contribution is -2.54. The Kier molecular flexibility index (Phi) is 6.13. The number of carboxylic acids is 1. The zero-order valence-corrected chi connectivity index (χ0v) is 10.6. The predicted octanol–water partition coefficient (Wildman–Crippen LogP) is -1.10. The summed E-state index contributed by atoms with van der Waals surface area (Å²) in [5.41, 5.74) is 0. The summed E-state index contributed by atoms with van der Waals surface area (Å²) in [4.78, 5) is 24.1. The fourth-order valence-corrected chi connectivity index (χ4v) is 1.96. The second-order valence-electron chi connectivity index (χ2n) is 3.70. The van der Waals surface area contributed by atoms with E-state index in [0.29, 0.717) is 38.5 Å². The van der Waals surface area contributed by atoms with E-state index in [-0.39, 0.29) is 6.03 Å². The van der Waals surface area contributed by atoms with Crippen LogP contribution in [0.5, 0.6) is 0 Å². The average Bonchev–Trinajstić information content (AvgIpc) is 2.35. The first-order valence-electron chi connectivity index (χ1n) is 5.48. The van der Waals surface area contributed by atoms with Crippen molar-refractivity contribution in [3.05, 3.63) is 0 Å². The van der Waals surface area contributed by atoms with Crippen molar-refractivity contribution in [2.75, 3.05) is 38.3 Å². The normalized spacial score (nSPS) is 17.6. The molecule has 0 spiro atoms. The molecule has 0 aromatic carbocycles. The Labute approximate surface area is 105 Å². The molecule has 1 saturated heterocycles. The van der Waals surface area contributed by atoms with Crippen LogP contribution < -0.4 is 10.4 Å². The average molecular weight is 261 g/mol. The Bertz CT molecular complexity index is 269. The van der Waals surface area contributed by atoms with Crippen LogP contribution in [0.25, 0.3) is 0 Å². The molecule has 98 valence electrons. The highest BCUT2D eigenvalue weighted by Crippen LogP contribution is 2.02. The van der Waals surface area contributed by atoms with Crippen molar-refractivity contribution in [3.8, 4) is 0 Å². The van der Waals surface area contributed by atoms with Gasteiger partial charge in [-0.25, -0.2) is 4.79 Å². The van der Waals surface area contributed by atoms with E-state index in [9.17, 15) is 14.7 Å². The zero-order valence-electron chi connectivity index (χ0n) is 9.81. The summed E-state index contributed by atoms with van der Waals surface area (Å²) in [6.45, 7) is 1.98. The number of hydrogen-bond acceptors (Lipinski definition) is 5. The summed E-state index contributed by atoms with van der Waals surface area (Å²) >= 11 is 1.53. The Hall–Kier alpha value is -0.950. The lowest BCUT2D eigenvalue weighted by atomic mass is 10.2. The van der Waals surface area contributed by atoms with Gasteiger partial charge in [0.25, 0.3) is 0 Å². The van der Waals surface area contributed by atoms with E-state index in [0.717, 1.165) is 0 Å². The first-order valence-corrected chi connectivity index (χ1v) is 6.87. The summed E-state index contributed by atoms with van der Waals surface area (Å²) in [5.74, 6) is -0.567. The number of hydrogen-bond donors (Lipinski definition) is 1. The Morgan fingerprint density at radius 3 is 2.65 bits per heavy atom. The molecule has 1 aliphatic heterocycles. The van der Waals surface area contributed by atoms with Crippen LogP contribution in [0.15, 0.2) is 0 Å². The number of carbonyl (C=O) groups is 2. The molecule has 0 aromatic heterocycles. The molecule has 1 N–H and O–H groups in total. The molecule has 1 atom stereocenters. The van der Waals surface area contributed by atoms with E-state index in [1.165, 1.54) is 11.8 Å². The number of rotatable bonds is 5. The van der Waals surface area contributed by atoms with Gasteiger partial charge in [0.05, 0.1) is 25.2 Å². The standard InChI is InChI=1S/C10H18N2O4S/c1-17-7-2-8(9(13)14)11-10(15)12-3-5-16-6-4-12/h8H,2-7H2,1H3,(H,11,15)(H,13,14)/p-1/t8-/m0/s1. The first-order chi connectivity index (χ1) is 8.15. The van der Waals surface area contributed by atoms with Crippen LogP contribution in [0.1, 0.15) is 6.42 Å². The van der Waals surface area contributed by atoms with Crippen molar-refractivity contribution in [1.29, 1.82) is 0 Å². The number of carboxylic acid groups (broad SMARTS) is 1. The van der Waals surface area contributed by atoms with Gasteiger partial charge in [-0.2, -0.15) is 11.8 Å². The van der Waals surface area contributed by atoms with Crippen LogP contribution in [0, 0.1) is 0 Å². The third-order valence-electron chi connectivity index (χ3n) is 2.49. The van der Waals surface area contributed by atoms with Crippen molar-refractivity contribution in [2.45, 2.75) is 12.5 Å². The number of urea groups is 1. The molecule has 7 heteroatoms. The second kappa shape index (κ2) is 7.39. The fraction of sp³-hybridized carbons (Fsp3) is 0.800. The van der Waals surface area contributed by atoms with Gasteiger partial charge < -0.3 is 24.9 Å². The van der Waals surface area contributed by atoms with Gasteiger partial charge in [-0.3, -0.25) is 0 Å². The lowest BCUT2D eigenvalue weighted by Gasteiger charge is -2.29. The maximum absolute atomic E-state index is 11.7. The number of amides is 2. The number of thioether (sulfide) groups is 1. The molecule has 1 rings (SSSR count). The third kappa shape index (κ3) is 4.82. The SMILES string of the molecule is CSCC[C@H](NC(=O)N1CCOCC1)C(=O)[O-]. The fourth-order valence-electron chi connectivity index (χ4n) is 1.49. The van der Waals surface area contributed by atoms with Gasteiger partial charge in [0.1, 0.15) is 0 Å². The molecule has 0 bridgehead atoms. The van der Waals surface area contributed by atoms with Gasteiger partial charge in [-0.05, 0) is 18.4 Å². The number of ether oxygens (including phenoxy) is 1. The molecule has 0 radical (unpaired) electrons. The monoisotopic (exact) mass is 261 g/mol. The van der Waals surface area contributed by atoms with E-state index in [1.54, 1.807) is 4.90 Å². The molecule has 2 amide bonds. The lowest BCUT2D eigenvalue weighted by molar-refractivity contribution is -0.308. The van der Waals surface area contributed by atoms with Gasteiger partial charge in [-0.15, -0.1) is 0 Å². The molecule has 6 nitrogen and oxygen atoms in total. The number of carbonyl (C=O) groups excluding carboxylic acids is 2. The van der Waals surface area contributed by atoms with Crippen LogP contribution >= 0.6 is 11.8 Å². The van der Waals surface area contributed by atoms with Crippen molar-refractivity contribution in [3.63, 3.8) is 0 Å². The first kappa shape index (κ1) is 14.1. The Morgan fingerprint density at radius 1 is 1.47 bits per heavy atom. The van der Waals surface area contributed by atoms with E-state index < -0.39 is 12.0 Å². The van der Waals surface area contributed by atoms with Crippen molar-refractivity contribution in [1.82, 2.24) is 10.2 Å². The molecule has 0 saturated carbocycles. The summed E-state index contributed by atoms with van der Waals surface area (Å²) in [6, 6.07) is -1.28. The molecule has 1 fully saturated rings. The highest BCUT2D eigenvalue weighted by Gasteiger charge is 2.20. The molecule has 1 aliphatic rings. The summed E-state index contributed by atoms with van der Waals surface area (Å²) in [6.07, 6.45) is 2.26. The molecular formula is C10H17N2O4S-. The highest BCUT2D eigenvalue weighted by atomic mass is 32.2. The largest absolute Gasteiger partial charge is 0.548 e. The van der Waals surface area contributed by atoms with E-state index in [4.69, 9.17) is 4.74 Å². The van der Waals surface area contributed by atoms with Gasteiger partial charge in [0.2, 0.25) is 0 Å². The predicted molar refractivity (Wildman–Crippen MR) is 62.7 cm³/mol. The minimum Gasteiger partial charge on any atom is -0.548 e. The van der Waals surface area contributed by atoms with Crippen LogP contribution in [-0.4, -0.2) is 61.3 Å². The molecule has 0 unspecified atom stereocenters. The highest BCUT2D eigenvalue weighted by molar-refractivity contribution is 7.98. The molecule has 1 heterocycles. The maximum atomic E-state index is 11.7. The van der Waals surface area contributed by atoms with E-state index in [2.05, 4.69) is 5.32 Å². The Balaban J connectivity index is 2.42. The zero-order chi connectivity index (χ0) is 12.7. The van der Waals surface area contributed by atoms with Crippen LogP contribution in [0.4, 0.5) is 4.79 Å². The van der Waals surface area contributed by atoms with E-state index in [1.807, 2.05) is 6.26 Å². The van der Waals surface area contributed by atoms with Crippen molar-refractivity contribution >= 4 is 23.8 Å². The topological polar surface area (TPSA) is 81.7 Å². The van der Waals surface area contributed by atoms with Gasteiger partial charge in [0.15, 0.2) is 0 Å². The van der Waals surface area contributed by atoms with Gasteiger partial charge in [-0.1, -0.05) is 0 Å². The van der Waals surface area contributed by atoms with Crippen LogP contribution in [-0.2, 0) is 9.53 Å². The minimum absolute atomic E-state index is 0.358. The Morgan fingerprint density at radius 2 is 2.12 bits per heavy atom. The van der Waals surface area contributed by atoms with Crippen molar-refractivity contribution < 1.29 is 19.4 Å². The third-order valence-corrected chi connectivity index (χ3v) is 3.14. The van der Waals surface area contributed by atoms with E-state index >= 15 is 0 Å². The summed E-state index contributed by atoms with van der Waals surface area (Å²) in [7, 11) is 0. The molecule has 0 aliphatic carbocycles. The summed E-state index contributed by atoms with van der Waals surface area (Å²) < 4.78 is 5.11.